The number of nitrogens with zero attached hydrogens (tertiary/aromatic N) is 1. The Morgan fingerprint density at radius 1 is 1.21 bits per heavy atom. The topological polar surface area (TPSA) is 74.7 Å². The molecule has 1 heterocycles. The summed E-state index contributed by atoms with van der Waals surface area (Å²) in [6.07, 6.45) is 3.68. The van der Waals surface area contributed by atoms with E-state index in [0.717, 1.165) is 30.4 Å². The minimum Gasteiger partial charge on any atom is -0.481 e. The van der Waals surface area contributed by atoms with Crippen LogP contribution in [0.3, 0.4) is 0 Å². The summed E-state index contributed by atoms with van der Waals surface area (Å²) in [5, 5.41) is 9.82. The van der Waals surface area contributed by atoms with Gasteiger partial charge in [0.15, 0.2) is 0 Å². The molecular weight excluding hydrogens is 326 g/mol. The molecular formula is C18H25NO4S. The highest BCUT2D eigenvalue weighted by Crippen LogP contribution is 2.38. The normalized spacial score (nSPS) is 21.5. The summed E-state index contributed by atoms with van der Waals surface area (Å²) in [7, 11) is -3.26. The van der Waals surface area contributed by atoms with Crippen LogP contribution in [0.25, 0.3) is 0 Å². The third-order valence-corrected chi connectivity index (χ3v) is 7.37. The molecule has 132 valence electrons. The summed E-state index contributed by atoms with van der Waals surface area (Å²) in [5.74, 6) is -0.0842. The van der Waals surface area contributed by atoms with Gasteiger partial charge in [-0.15, -0.1) is 0 Å². The number of rotatable bonds is 6. The molecule has 3 rings (SSSR count). The second-order valence-electron chi connectivity index (χ2n) is 7.20. The Bertz CT molecular complexity index is 699. The standard InChI is InChI=1S/C18H25NO4S/c1-14-2-6-16(7-3-14)18(17(20)21)9-11-19(12-10-18)24(22,23)13-8-15-4-5-15/h2-3,6-7,15H,4-5,8-13H2,1H3,(H,20,21). The van der Waals surface area contributed by atoms with Crippen LogP contribution in [0.2, 0.25) is 0 Å². The van der Waals surface area contributed by atoms with Crippen LogP contribution < -0.4 is 0 Å². The van der Waals surface area contributed by atoms with Crippen LogP contribution in [0.4, 0.5) is 0 Å². The molecule has 1 saturated heterocycles. The molecule has 0 unspecified atom stereocenters. The number of carboxylic acids is 1. The largest absolute Gasteiger partial charge is 0.481 e. The summed E-state index contributed by atoms with van der Waals surface area (Å²) in [4.78, 5) is 12.0. The van der Waals surface area contributed by atoms with Crippen molar-refractivity contribution in [3.8, 4) is 0 Å². The molecule has 5 nitrogen and oxygen atoms in total. The minimum atomic E-state index is -3.26. The first-order valence-electron chi connectivity index (χ1n) is 8.62. The van der Waals surface area contributed by atoms with Crippen molar-refractivity contribution < 1.29 is 18.3 Å². The fraction of sp³-hybridized carbons (Fsp3) is 0.611. The molecule has 2 aliphatic rings. The Balaban J connectivity index is 1.72. The molecule has 1 aliphatic heterocycles. The monoisotopic (exact) mass is 351 g/mol. The van der Waals surface area contributed by atoms with Gasteiger partial charge in [0.1, 0.15) is 0 Å². The second-order valence-corrected chi connectivity index (χ2v) is 9.29. The fourth-order valence-electron chi connectivity index (χ4n) is 3.50. The number of hydrogen-bond donors (Lipinski definition) is 1. The average Bonchev–Trinajstić information content (AvgIpc) is 3.38. The van der Waals surface area contributed by atoms with Crippen molar-refractivity contribution >= 4 is 16.0 Å². The Hall–Kier alpha value is -1.40. The average molecular weight is 351 g/mol. The van der Waals surface area contributed by atoms with Gasteiger partial charge >= 0.3 is 5.97 Å². The summed E-state index contributed by atoms with van der Waals surface area (Å²) in [5.41, 5.74) is 0.881. The molecule has 0 spiro atoms. The molecule has 0 atom stereocenters. The molecule has 24 heavy (non-hydrogen) atoms. The van der Waals surface area contributed by atoms with E-state index in [4.69, 9.17) is 0 Å². The van der Waals surface area contributed by atoms with Crippen molar-refractivity contribution in [2.24, 2.45) is 5.92 Å². The van der Waals surface area contributed by atoms with Crippen LogP contribution in [-0.4, -0.2) is 42.6 Å². The molecule has 1 aromatic carbocycles. The first kappa shape index (κ1) is 17.4. The lowest BCUT2D eigenvalue weighted by molar-refractivity contribution is -0.145. The molecule has 1 aromatic rings. The second kappa shape index (κ2) is 6.48. The van der Waals surface area contributed by atoms with Gasteiger partial charge in [0.2, 0.25) is 10.0 Å². The van der Waals surface area contributed by atoms with Crippen molar-refractivity contribution in [3.63, 3.8) is 0 Å². The van der Waals surface area contributed by atoms with E-state index >= 15 is 0 Å². The van der Waals surface area contributed by atoms with Crippen molar-refractivity contribution in [1.82, 2.24) is 4.31 Å². The zero-order chi connectivity index (χ0) is 17.4. The quantitative estimate of drug-likeness (QED) is 0.855. The van der Waals surface area contributed by atoms with E-state index in [9.17, 15) is 18.3 Å². The molecule has 1 N–H and O–H groups in total. The third kappa shape index (κ3) is 3.49. The number of hydrogen-bond acceptors (Lipinski definition) is 3. The lowest BCUT2D eigenvalue weighted by atomic mass is 9.73. The van der Waals surface area contributed by atoms with Crippen molar-refractivity contribution in [2.45, 2.75) is 44.4 Å². The van der Waals surface area contributed by atoms with Crippen molar-refractivity contribution in [2.75, 3.05) is 18.8 Å². The van der Waals surface area contributed by atoms with Gasteiger partial charge in [-0.1, -0.05) is 42.7 Å². The maximum absolute atomic E-state index is 12.5. The number of aliphatic carboxylic acids is 1. The highest BCUT2D eigenvalue weighted by Gasteiger charge is 2.45. The fourth-order valence-corrected chi connectivity index (χ4v) is 5.12. The first-order valence-corrected chi connectivity index (χ1v) is 10.2. The van der Waals surface area contributed by atoms with E-state index in [0.29, 0.717) is 18.8 Å². The van der Waals surface area contributed by atoms with Gasteiger partial charge in [-0.2, -0.15) is 0 Å². The third-order valence-electron chi connectivity index (χ3n) is 5.46. The van der Waals surface area contributed by atoms with Crippen LogP contribution in [0.15, 0.2) is 24.3 Å². The first-order chi connectivity index (χ1) is 11.3. The van der Waals surface area contributed by atoms with Crippen LogP contribution in [-0.2, 0) is 20.2 Å². The number of carbonyl (C=O) groups is 1. The van der Waals surface area contributed by atoms with Crippen molar-refractivity contribution in [1.29, 1.82) is 0 Å². The Morgan fingerprint density at radius 2 is 1.79 bits per heavy atom. The van der Waals surface area contributed by atoms with Gasteiger partial charge in [-0.3, -0.25) is 4.79 Å². The molecule has 0 bridgehead atoms. The maximum atomic E-state index is 12.5. The molecule has 0 aromatic heterocycles. The lowest BCUT2D eigenvalue weighted by Crippen LogP contribution is -2.49. The molecule has 1 aliphatic carbocycles. The molecule has 0 radical (unpaired) electrons. The highest BCUT2D eigenvalue weighted by atomic mass is 32.2. The number of aryl methyl sites for hydroxylation is 1. The number of piperidine rings is 1. The van der Waals surface area contributed by atoms with Gasteiger partial charge in [-0.05, 0) is 37.7 Å². The van der Waals surface area contributed by atoms with Gasteiger partial charge in [0.25, 0.3) is 0 Å². The maximum Gasteiger partial charge on any atom is 0.314 e. The van der Waals surface area contributed by atoms with Crippen LogP contribution in [0.5, 0.6) is 0 Å². The van der Waals surface area contributed by atoms with Gasteiger partial charge in [-0.25, -0.2) is 12.7 Å². The lowest BCUT2D eigenvalue weighted by Gasteiger charge is -2.38. The zero-order valence-electron chi connectivity index (χ0n) is 14.1. The summed E-state index contributed by atoms with van der Waals surface area (Å²) in [6.45, 7) is 2.53. The Kier molecular flexibility index (Phi) is 4.71. The van der Waals surface area contributed by atoms with E-state index in [-0.39, 0.29) is 18.8 Å². The smallest absolute Gasteiger partial charge is 0.314 e. The van der Waals surface area contributed by atoms with E-state index in [1.54, 1.807) is 0 Å². The predicted octanol–water partition coefficient (Wildman–Crippen LogP) is 2.54. The molecule has 6 heteroatoms. The minimum absolute atomic E-state index is 0.197. The summed E-state index contributed by atoms with van der Waals surface area (Å²) < 4.78 is 26.4. The number of sulfonamides is 1. The van der Waals surface area contributed by atoms with Gasteiger partial charge in [0, 0.05) is 13.1 Å². The van der Waals surface area contributed by atoms with Gasteiger partial charge in [0.05, 0.1) is 11.2 Å². The van der Waals surface area contributed by atoms with Crippen LogP contribution in [0, 0.1) is 12.8 Å². The molecule has 0 amide bonds. The number of carboxylic acid groups (broad SMARTS) is 1. The van der Waals surface area contributed by atoms with Gasteiger partial charge < -0.3 is 5.11 Å². The molecule has 1 saturated carbocycles. The SMILES string of the molecule is Cc1ccc(C2(C(=O)O)CCN(S(=O)(=O)CCC3CC3)CC2)cc1. The summed E-state index contributed by atoms with van der Waals surface area (Å²) >= 11 is 0. The zero-order valence-corrected chi connectivity index (χ0v) is 14.9. The van der Waals surface area contributed by atoms with E-state index in [1.165, 1.54) is 4.31 Å². The van der Waals surface area contributed by atoms with Crippen LogP contribution >= 0.6 is 0 Å². The highest BCUT2D eigenvalue weighted by molar-refractivity contribution is 7.89. The Labute approximate surface area is 143 Å². The van der Waals surface area contributed by atoms with E-state index in [1.807, 2.05) is 31.2 Å². The van der Waals surface area contributed by atoms with E-state index < -0.39 is 21.4 Å². The number of benzene rings is 1. The predicted molar refractivity (Wildman–Crippen MR) is 92.4 cm³/mol. The Morgan fingerprint density at radius 3 is 2.29 bits per heavy atom. The van der Waals surface area contributed by atoms with E-state index in [2.05, 4.69) is 0 Å². The summed E-state index contributed by atoms with van der Waals surface area (Å²) in [6, 6.07) is 7.55. The molecule has 2 fully saturated rings. The van der Waals surface area contributed by atoms with Crippen molar-refractivity contribution in [3.05, 3.63) is 35.4 Å². The van der Waals surface area contributed by atoms with Crippen LogP contribution in [0.1, 0.15) is 43.2 Å².